The second kappa shape index (κ2) is 8.42. The van der Waals surface area contributed by atoms with Crippen molar-refractivity contribution in [2.24, 2.45) is 11.8 Å². The van der Waals surface area contributed by atoms with Crippen LogP contribution in [-0.4, -0.2) is 54.6 Å². The van der Waals surface area contributed by atoms with Gasteiger partial charge in [-0.15, -0.1) is 11.3 Å². The normalized spacial score (nSPS) is 20.7. The number of hydrogen-bond donors (Lipinski definition) is 0. The summed E-state index contributed by atoms with van der Waals surface area (Å²) in [6.07, 6.45) is 3.95. The lowest BCUT2D eigenvalue weighted by Gasteiger charge is -2.22. The van der Waals surface area contributed by atoms with Gasteiger partial charge < -0.3 is 14.5 Å². The Bertz CT molecular complexity index is 655. The molecule has 0 spiro atoms. The topological polar surface area (TPSA) is 49.9 Å². The Kier molecular flexibility index (Phi) is 6.22. The van der Waals surface area contributed by atoms with Gasteiger partial charge in [-0.05, 0) is 49.1 Å². The average Bonchev–Trinajstić information content (AvgIpc) is 2.86. The van der Waals surface area contributed by atoms with Crippen molar-refractivity contribution in [1.29, 1.82) is 0 Å². The first-order valence-electron chi connectivity index (χ1n) is 9.76. The van der Waals surface area contributed by atoms with E-state index in [9.17, 15) is 9.59 Å². The Hall–Kier alpha value is -1.56. The van der Waals surface area contributed by atoms with Crippen LogP contribution in [0.15, 0.2) is 6.07 Å². The third-order valence-corrected chi connectivity index (χ3v) is 6.35. The number of fused-ring (bicyclic) bond motifs is 1. The molecule has 1 aliphatic carbocycles. The predicted molar refractivity (Wildman–Crippen MR) is 104 cm³/mol. The molecule has 0 saturated carbocycles. The molecule has 2 heterocycles. The Balaban J connectivity index is 1.59. The molecular formula is C20H30N2O3S. The standard InChI is InChI=1S/C20H30N2O3S/c1-14(2)13-25-20(24)22-8-4-7-21(9-10-22)19(23)18-12-16-11-15(3)5-6-17(16)26-18/h12,14-15H,4-11,13H2,1-3H3. The van der Waals surface area contributed by atoms with E-state index in [2.05, 4.69) is 13.0 Å². The minimum absolute atomic E-state index is 0.120. The van der Waals surface area contributed by atoms with Crippen LogP contribution in [0.25, 0.3) is 0 Å². The predicted octanol–water partition coefficient (Wildman–Crippen LogP) is 3.81. The van der Waals surface area contributed by atoms with Crippen LogP contribution in [0, 0.1) is 11.8 Å². The number of thiophene rings is 1. The van der Waals surface area contributed by atoms with Gasteiger partial charge in [0.25, 0.3) is 5.91 Å². The molecule has 1 saturated heterocycles. The molecule has 26 heavy (non-hydrogen) atoms. The van der Waals surface area contributed by atoms with Crippen LogP contribution in [0.1, 0.15) is 53.7 Å². The van der Waals surface area contributed by atoms with Gasteiger partial charge in [0.2, 0.25) is 0 Å². The Morgan fingerprint density at radius 3 is 2.73 bits per heavy atom. The van der Waals surface area contributed by atoms with Gasteiger partial charge in [-0.25, -0.2) is 4.79 Å². The Morgan fingerprint density at radius 1 is 1.23 bits per heavy atom. The molecule has 3 rings (SSSR count). The molecule has 1 aromatic rings. The molecule has 1 fully saturated rings. The van der Waals surface area contributed by atoms with Crippen molar-refractivity contribution in [3.05, 3.63) is 21.4 Å². The molecule has 0 radical (unpaired) electrons. The van der Waals surface area contributed by atoms with E-state index in [4.69, 9.17) is 4.74 Å². The lowest BCUT2D eigenvalue weighted by Crippen LogP contribution is -2.37. The molecule has 2 amide bonds. The Labute approximate surface area is 160 Å². The summed E-state index contributed by atoms with van der Waals surface area (Å²) in [5.41, 5.74) is 1.37. The quantitative estimate of drug-likeness (QED) is 0.803. The Morgan fingerprint density at radius 2 is 1.96 bits per heavy atom. The molecule has 144 valence electrons. The van der Waals surface area contributed by atoms with Crippen LogP contribution in [-0.2, 0) is 17.6 Å². The minimum atomic E-state index is -0.256. The summed E-state index contributed by atoms with van der Waals surface area (Å²) in [7, 11) is 0. The summed E-state index contributed by atoms with van der Waals surface area (Å²) in [6, 6.07) is 2.11. The van der Waals surface area contributed by atoms with Crippen LogP contribution in [0.5, 0.6) is 0 Å². The van der Waals surface area contributed by atoms with E-state index in [0.717, 1.165) is 24.1 Å². The van der Waals surface area contributed by atoms with E-state index in [1.165, 1.54) is 16.9 Å². The molecule has 6 heteroatoms. The van der Waals surface area contributed by atoms with Crippen molar-refractivity contribution in [2.75, 3.05) is 32.8 Å². The number of hydrogen-bond acceptors (Lipinski definition) is 4. The fourth-order valence-electron chi connectivity index (χ4n) is 3.60. The van der Waals surface area contributed by atoms with Crippen LogP contribution < -0.4 is 0 Å². The zero-order valence-corrected chi connectivity index (χ0v) is 16.9. The number of carbonyl (C=O) groups excluding carboxylic acids is 2. The third kappa shape index (κ3) is 4.58. The monoisotopic (exact) mass is 378 g/mol. The van der Waals surface area contributed by atoms with E-state index >= 15 is 0 Å². The first-order chi connectivity index (χ1) is 12.4. The van der Waals surface area contributed by atoms with Crippen LogP contribution in [0.2, 0.25) is 0 Å². The SMILES string of the molecule is CC(C)COC(=O)N1CCCN(C(=O)c2cc3c(s2)CCC(C)C3)CC1. The first kappa shape index (κ1) is 19.2. The lowest BCUT2D eigenvalue weighted by atomic mass is 9.90. The zero-order chi connectivity index (χ0) is 18.7. The van der Waals surface area contributed by atoms with Crippen LogP contribution in [0.3, 0.4) is 0 Å². The second-order valence-electron chi connectivity index (χ2n) is 8.01. The summed E-state index contributed by atoms with van der Waals surface area (Å²) < 4.78 is 5.33. The highest BCUT2D eigenvalue weighted by molar-refractivity contribution is 7.14. The van der Waals surface area contributed by atoms with Gasteiger partial charge in [0.15, 0.2) is 0 Å². The zero-order valence-electron chi connectivity index (χ0n) is 16.1. The number of rotatable bonds is 3. The highest BCUT2D eigenvalue weighted by Gasteiger charge is 2.26. The summed E-state index contributed by atoms with van der Waals surface area (Å²) in [4.78, 5) is 31.0. The largest absolute Gasteiger partial charge is 0.449 e. The molecule has 1 atom stereocenters. The molecule has 0 aromatic carbocycles. The van der Waals surface area contributed by atoms with Gasteiger partial charge in [-0.1, -0.05) is 20.8 Å². The number of carbonyl (C=O) groups is 2. The molecule has 1 aliphatic heterocycles. The van der Waals surface area contributed by atoms with E-state index in [1.54, 1.807) is 16.2 Å². The highest BCUT2D eigenvalue weighted by atomic mass is 32.1. The van der Waals surface area contributed by atoms with Gasteiger partial charge in [-0.2, -0.15) is 0 Å². The molecule has 0 bridgehead atoms. The van der Waals surface area contributed by atoms with E-state index in [0.29, 0.717) is 44.6 Å². The fourth-order valence-corrected chi connectivity index (χ4v) is 4.78. The maximum atomic E-state index is 12.9. The van der Waals surface area contributed by atoms with Gasteiger partial charge in [0, 0.05) is 31.1 Å². The summed E-state index contributed by atoms with van der Waals surface area (Å²) in [6.45, 7) is 9.25. The van der Waals surface area contributed by atoms with Crippen LogP contribution in [0.4, 0.5) is 4.79 Å². The van der Waals surface area contributed by atoms with Crippen molar-refractivity contribution in [3.63, 3.8) is 0 Å². The smallest absolute Gasteiger partial charge is 0.409 e. The van der Waals surface area contributed by atoms with Crippen molar-refractivity contribution >= 4 is 23.3 Å². The molecule has 1 aromatic heterocycles. The van der Waals surface area contributed by atoms with Gasteiger partial charge in [0.1, 0.15) is 0 Å². The van der Waals surface area contributed by atoms with E-state index in [-0.39, 0.29) is 12.0 Å². The molecule has 5 nitrogen and oxygen atoms in total. The van der Waals surface area contributed by atoms with Crippen molar-refractivity contribution in [1.82, 2.24) is 9.80 Å². The highest BCUT2D eigenvalue weighted by Crippen LogP contribution is 2.32. The molecular weight excluding hydrogens is 348 g/mol. The second-order valence-corrected chi connectivity index (χ2v) is 9.15. The maximum Gasteiger partial charge on any atom is 0.409 e. The van der Waals surface area contributed by atoms with Crippen molar-refractivity contribution < 1.29 is 14.3 Å². The molecule has 1 unspecified atom stereocenters. The maximum absolute atomic E-state index is 12.9. The summed E-state index contributed by atoms with van der Waals surface area (Å²) in [5, 5.41) is 0. The fraction of sp³-hybridized carbons (Fsp3) is 0.700. The average molecular weight is 379 g/mol. The third-order valence-electron chi connectivity index (χ3n) is 5.12. The van der Waals surface area contributed by atoms with Gasteiger partial charge in [-0.3, -0.25) is 4.79 Å². The number of ether oxygens (including phenoxy) is 1. The summed E-state index contributed by atoms with van der Waals surface area (Å²) in [5.74, 6) is 1.16. The van der Waals surface area contributed by atoms with Crippen molar-refractivity contribution in [2.45, 2.75) is 46.5 Å². The van der Waals surface area contributed by atoms with Crippen molar-refractivity contribution in [3.8, 4) is 0 Å². The number of amides is 2. The van der Waals surface area contributed by atoms with E-state index < -0.39 is 0 Å². The first-order valence-corrected chi connectivity index (χ1v) is 10.6. The minimum Gasteiger partial charge on any atom is -0.449 e. The van der Waals surface area contributed by atoms with Crippen LogP contribution >= 0.6 is 11.3 Å². The number of nitrogens with zero attached hydrogens (tertiary/aromatic N) is 2. The molecule has 0 N–H and O–H groups in total. The van der Waals surface area contributed by atoms with Gasteiger partial charge >= 0.3 is 6.09 Å². The summed E-state index contributed by atoms with van der Waals surface area (Å²) >= 11 is 1.67. The lowest BCUT2D eigenvalue weighted by molar-refractivity contribution is 0.0751. The number of aryl methyl sites for hydroxylation is 1. The molecule has 2 aliphatic rings. The van der Waals surface area contributed by atoms with Gasteiger partial charge in [0.05, 0.1) is 11.5 Å². The van der Waals surface area contributed by atoms with E-state index in [1.807, 2.05) is 18.7 Å².